The highest BCUT2D eigenvalue weighted by Crippen LogP contribution is 2.29. The van der Waals surface area contributed by atoms with Gasteiger partial charge in [-0.1, -0.05) is 24.3 Å². The number of hydrogen-bond acceptors (Lipinski definition) is 2. The zero-order chi connectivity index (χ0) is 11.0. The van der Waals surface area contributed by atoms with E-state index in [9.17, 15) is 0 Å². The zero-order valence-electron chi connectivity index (χ0n) is 9.13. The van der Waals surface area contributed by atoms with Gasteiger partial charge in [0.05, 0.1) is 12.2 Å². The topological polar surface area (TPSA) is 43.8 Å². The van der Waals surface area contributed by atoms with Gasteiger partial charge in [0, 0.05) is 0 Å². The van der Waals surface area contributed by atoms with Crippen molar-refractivity contribution >= 4 is 5.82 Å². The van der Waals surface area contributed by atoms with Crippen LogP contribution in [0.1, 0.15) is 23.6 Å². The van der Waals surface area contributed by atoms with Crippen molar-refractivity contribution in [3.05, 3.63) is 47.7 Å². The molecule has 0 saturated heterocycles. The second-order valence-corrected chi connectivity index (χ2v) is 4.37. The summed E-state index contributed by atoms with van der Waals surface area (Å²) < 4.78 is 1.95. The summed E-state index contributed by atoms with van der Waals surface area (Å²) in [5, 5.41) is 4.30. The minimum atomic E-state index is 0.421. The monoisotopic (exact) mass is 213 g/mol. The summed E-state index contributed by atoms with van der Waals surface area (Å²) in [7, 11) is 0. The van der Waals surface area contributed by atoms with Gasteiger partial charge in [0.15, 0.2) is 0 Å². The number of rotatable bonds is 1. The summed E-state index contributed by atoms with van der Waals surface area (Å²) in [6, 6.07) is 10.9. The van der Waals surface area contributed by atoms with Crippen LogP contribution in [0.3, 0.4) is 0 Å². The van der Waals surface area contributed by atoms with E-state index in [0.717, 1.165) is 25.1 Å². The Morgan fingerprint density at radius 2 is 2.00 bits per heavy atom. The van der Waals surface area contributed by atoms with E-state index in [1.54, 1.807) is 6.20 Å². The van der Waals surface area contributed by atoms with E-state index in [1.165, 1.54) is 11.1 Å². The summed E-state index contributed by atoms with van der Waals surface area (Å²) in [5.74, 6) is 0.768. The Kier molecular flexibility index (Phi) is 2.17. The van der Waals surface area contributed by atoms with Crippen molar-refractivity contribution < 1.29 is 0 Å². The van der Waals surface area contributed by atoms with Crippen LogP contribution in [0.15, 0.2) is 36.5 Å². The van der Waals surface area contributed by atoms with Crippen molar-refractivity contribution in [3.63, 3.8) is 0 Å². The first-order valence-corrected chi connectivity index (χ1v) is 5.70. The molecule has 1 aromatic heterocycles. The maximum atomic E-state index is 5.89. The summed E-state index contributed by atoms with van der Waals surface area (Å²) >= 11 is 0. The Morgan fingerprint density at radius 3 is 2.75 bits per heavy atom. The van der Waals surface area contributed by atoms with Gasteiger partial charge in [-0.3, -0.25) is 0 Å². The lowest BCUT2D eigenvalue weighted by molar-refractivity contribution is 0.410. The Hall–Kier alpha value is -1.77. The molecule has 1 unspecified atom stereocenters. The first kappa shape index (κ1) is 9.46. The summed E-state index contributed by atoms with van der Waals surface area (Å²) in [5.41, 5.74) is 8.81. The minimum absolute atomic E-state index is 0.421. The van der Waals surface area contributed by atoms with Gasteiger partial charge in [-0.2, -0.15) is 5.10 Å². The number of aryl methyl sites for hydroxylation is 1. The molecule has 1 aliphatic carbocycles. The lowest BCUT2D eigenvalue weighted by atomic mass is 9.88. The Morgan fingerprint density at radius 1 is 1.19 bits per heavy atom. The molecule has 1 aliphatic rings. The summed E-state index contributed by atoms with van der Waals surface area (Å²) in [6.45, 7) is 0. The number of nitrogens with zero attached hydrogens (tertiary/aromatic N) is 2. The first-order chi connectivity index (χ1) is 7.84. The molecule has 3 heteroatoms. The van der Waals surface area contributed by atoms with E-state index in [-0.39, 0.29) is 0 Å². The molecule has 16 heavy (non-hydrogen) atoms. The molecule has 0 radical (unpaired) electrons. The van der Waals surface area contributed by atoms with E-state index in [2.05, 4.69) is 29.4 Å². The predicted molar refractivity (Wildman–Crippen MR) is 64.1 cm³/mol. The summed E-state index contributed by atoms with van der Waals surface area (Å²) in [4.78, 5) is 0. The van der Waals surface area contributed by atoms with Gasteiger partial charge < -0.3 is 5.73 Å². The Labute approximate surface area is 94.9 Å². The third kappa shape index (κ3) is 1.48. The average molecular weight is 213 g/mol. The smallest absolute Gasteiger partial charge is 0.121 e. The van der Waals surface area contributed by atoms with Crippen LogP contribution >= 0.6 is 0 Å². The van der Waals surface area contributed by atoms with E-state index < -0.39 is 0 Å². The molecule has 2 aromatic rings. The molecule has 3 rings (SSSR count). The molecule has 3 nitrogen and oxygen atoms in total. The van der Waals surface area contributed by atoms with E-state index in [1.807, 2.05) is 10.7 Å². The fourth-order valence-corrected chi connectivity index (χ4v) is 2.52. The lowest BCUT2D eigenvalue weighted by Crippen LogP contribution is -2.20. The number of anilines is 1. The van der Waals surface area contributed by atoms with E-state index >= 15 is 0 Å². The van der Waals surface area contributed by atoms with Crippen LogP contribution in [0.4, 0.5) is 5.82 Å². The van der Waals surface area contributed by atoms with Gasteiger partial charge in [-0.05, 0) is 36.5 Å². The van der Waals surface area contributed by atoms with Crippen molar-refractivity contribution in [2.45, 2.75) is 25.3 Å². The molecule has 0 amide bonds. The molecule has 0 bridgehead atoms. The predicted octanol–water partition coefficient (Wildman–Crippen LogP) is 2.20. The molecule has 1 heterocycles. The van der Waals surface area contributed by atoms with Crippen molar-refractivity contribution in [2.75, 3.05) is 5.73 Å². The van der Waals surface area contributed by atoms with Crippen LogP contribution in [0.2, 0.25) is 0 Å². The zero-order valence-corrected chi connectivity index (χ0v) is 9.13. The normalized spacial score (nSPS) is 19.4. The number of nitrogens with two attached hydrogens (primary N) is 1. The highest BCUT2D eigenvalue weighted by molar-refractivity contribution is 5.32. The fraction of sp³-hybridized carbons (Fsp3) is 0.308. The van der Waals surface area contributed by atoms with E-state index in [0.29, 0.717) is 6.04 Å². The average Bonchev–Trinajstić information content (AvgIpc) is 2.75. The molecular weight excluding hydrogens is 198 g/mol. The second kappa shape index (κ2) is 3.67. The standard InChI is InChI=1S/C13H15N3/c14-13-7-8-15-16(13)12-6-5-10-3-1-2-4-11(10)9-12/h1-4,7-8,12H,5-6,9,14H2. The van der Waals surface area contributed by atoms with Gasteiger partial charge in [0.25, 0.3) is 0 Å². The maximum Gasteiger partial charge on any atom is 0.121 e. The van der Waals surface area contributed by atoms with Crippen molar-refractivity contribution in [1.82, 2.24) is 9.78 Å². The Bertz CT molecular complexity index is 501. The van der Waals surface area contributed by atoms with Gasteiger partial charge in [0.2, 0.25) is 0 Å². The van der Waals surface area contributed by atoms with E-state index in [4.69, 9.17) is 5.73 Å². The summed E-state index contributed by atoms with van der Waals surface area (Å²) in [6.07, 6.45) is 5.07. The van der Waals surface area contributed by atoms with Crippen molar-refractivity contribution in [2.24, 2.45) is 0 Å². The molecule has 1 atom stereocenters. The number of aromatic nitrogens is 2. The fourth-order valence-electron chi connectivity index (χ4n) is 2.52. The molecule has 0 aliphatic heterocycles. The molecular formula is C13H15N3. The van der Waals surface area contributed by atoms with Crippen LogP contribution < -0.4 is 5.73 Å². The Balaban J connectivity index is 1.91. The third-order valence-corrected chi connectivity index (χ3v) is 3.37. The number of nitrogen functional groups attached to an aromatic ring is 1. The van der Waals surface area contributed by atoms with Crippen molar-refractivity contribution in [1.29, 1.82) is 0 Å². The maximum absolute atomic E-state index is 5.89. The van der Waals surface area contributed by atoms with Crippen LogP contribution in [0, 0.1) is 0 Å². The van der Waals surface area contributed by atoms with Gasteiger partial charge >= 0.3 is 0 Å². The van der Waals surface area contributed by atoms with Crippen LogP contribution in [-0.4, -0.2) is 9.78 Å². The highest BCUT2D eigenvalue weighted by atomic mass is 15.3. The number of hydrogen-bond donors (Lipinski definition) is 1. The largest absolute Gasteiger partial charge is 0.384 e. The SMILES string of the molecule is Nc1ccnn1C1CCc2ccccc2C1. The van der Waals surface area contributed by atoms with Crippen LogP contribution in [0.25, 0.3) is 0 Å². The molecule has 2 N–H and O–H groups in total. The lowest BCUT2D eigenvalue weighted by Gasteiger charge is -2.25. The van der Waals surface area contributed by atoms with Gasteiger partial charge in [-0.25, -0.2) is 4.68 Å². The quantitative estimate of drug-likeness (QED) is 0.789. The molecule has 82 valence electrons. The van der Waals surface area contributed by atoms with Gasteiger partial charge in [-0.15, -0.1) is 0 Å². The highest BCUT2D eigenvalue weighted by Gasteiger charge is 2.20. The molecule has 0 spiro atoms. The molecule has 1 aromatic carbocycles. The minimum Gasteiger partial charge on any atom is -0.384 e. The second-order valence-electron chi connectivity index (χ2n) is 4.37. The van der Waals surface area contributed by atoms with Crippen molar-refractivity contribution in [3.8, 4) is 0 Å². The van der Waals surface area contributed by atoms with Crippen LogP contribution in [0.5, 0.6) is 0 Å². The number of fused-ring (bicyclic) bond motifs is 1. The molecule has 0 saturated carbocycles. The van der Waals surface area contributed by atoms with Gasteiger partial charge in [0.1, 0.15) is 5.82 Å². The van der Waals surface area contributed by atoms with Crippen LogP contribution in [-0.2, 0) is 12.8 Å². The third-order valence-electron chi connectivity index (χ3n) is 3.37. The molecule has 0 fully saturated rings. The first-order valence-electron chi connectivity index (χ1n) is 5.70. The number of benzene rings is 1.